The van der Waals surface area contributed by atoms with Gasteiger partial charge in [0.05, 0.1) is 13.2 Å². The zero-order chi connectivity index (χ0) is 15.0. The Balaban J connectivity index is 2.30. The zero-order valence-electron chi connectivity index (χ0n) is 13.5. The Morgan fingerprint density at radius 1 is 1.35 bits per heavy atom. The summed E-state index contributed by atoms with van der Waals surface area (Å²) >= 11 is 0. The predicted molar refractivity (Wildman–Crippen MR) is 80.7 cm³/mol. The number of carbonyl (C=O) groups is 1. The van der Waals surface area contributed by atoms with E-state index in [1.807, 2.05) is 13.8 Å². The van der Waals surface area contributed by atoms with Crippen LogP contribution in [0.5, 0.6) is 0 Å². The molecule has 118 valence electrons. The van der Waals surface area contributed by atoms with Gasteiger partial charge in [-0.05, 0) is 25.2 Å². The van der Waals surface area contributed by atoms with Crippen LogP contribution < -0.4 is 5.32 Å². The highest BCUT2D eigenvalue weighted by molar-refractivity contribution is 5.75. The van der Waals surface area contributed by atoms with Crippen molar-refractivity contribution in [2.75, 3.05) is 13.7 Å². The van der Waals surface area contributed by atoms with E-state index in [2.05, 4.69) is 12.2 Å². The van der Waals surface area contributed by atoms with Crippen LogP contribution in [0.4, 0.5) is 0 Å². The molecular weight excluding hydrogens is 254 g/mol. The first-order valence-electron chi connectivity index (χ1n) is 8.02. The topological polar surface area (TPSA) is 47.6 Å². The van der Waals surface area contributed by atoms with E-state index in [0.29, 0.717) is 19.1 Å². The third-order valence-electron chi connectivity index (χ3n) is 4.09. The van der Waals surface area contributed by atoms with E-state index >= 15 is 0 Å². The van der Waals surface area contributed by atoms with Gasteiger partial charge < -0.3 is 14.8 Å². The molecule has 0 aromatic carbocycles. The summed E-state index contributed by atoms with van der Waals surface area (Å²) in [5.41, 5.74) is 0. The fourth-order valence-corrected chi connectivity index (χ4v) is 2.93. The summed E-state index contributed by atoms with van der Waals surface area (Å²) in [4.78, 5) is 11.7. The van der Waals surface area contributed by atoms with Gasteiger partial charge in [-0.1, -0.05) is 40.0 Å². The molecule has 1 N–H and O–H groups in total. The first-order chi connectivity index (χ1) is 9.56. The number of ether oxygens (including phenoxy) is 2. The molecule has 1 rings (SSSR count). The SMILES string of the molecule is CCC1CCCC(OCCC(NC(C)C)C(=O)OC)C1. The molecule has 1 fully saturated rings. The normalized spacial score (nSPS) is 24.6. The van der Waals surface area contributed by atoms with Gasteiger partial charge in [0.25, 0.3) is 0 Å². The lowest BCUT2D eigenvalue weighted by Gasteiger charge is -2.29. The summed E-state index contributed by atoms with van der Waals surface area (Å²) in [6, 6.07) is 0.00353. The largest absolute Gasteiger partial charge is 0.468 e. The van der Waals surface area contributed by atoms with Crippen molar-refractivity contribution < 1.29 is 14.3 Å². The molecular formula is C16H31NO3. The van der Waals surface area contributed by atoms with Gasteiger partial charge in [0.2, 0.25) is 0 Å². The molecule has 0 aliphatic heterocycles. The number of rotatable bonds is 8. The molecule has 0 radical (unpaired) electrons. The Morgan fingerprint density at radius 2 is 2.10 bits per heavy atom. The molecule has 0 amide bonds. The van der Waals surface area contributed by atoms with Gasteiger partial charge >= 0.3 is 5.97 Å². The van der Waals surface area contributed by atoms with E-state index in [1.165, 1.54) is 32.8 Å². The van der Waals surface area contributed by atoms with Crippen LogP contribution in [0, 0.1) is 5.92 Å². The van der Waals surface area contributed by atoms with E-state index in [4.69, 9.17) is 9.47 Å². The van der Waals surface area contributed by atoms with Crippen molar-refractivity contribution in [2.45, 2.75) is 77.5 Å². The number of hydrogen-bond donors (Lipinski definition) is 1. The molecule has 0 saturated heterocycles. The molecule has 0 spiro atoms. The average molecular weight is 285 g/mol. The number of hydrogen-bond acceptors (Lipinski definition) is 4. The molecule has 0 bridgehead atoms. The lowest BCUT2D eigenvalue weighted by molar-refractivity contribution is -0.144. The highest BCUT2D eigenvalue weighted by atomic mass is 16.5. The lowest BCUT2D eigenvalue weighted by atomic mass is 9.85. The first-order valence-corrected chi connectivity index (χ1v) is 8.02. The minimum atomic E-state index is -0.259. The Bertz CT molecular complexity index is 281. The Labute approximate surface area is 123 Å². The standard InChI is InChI=1S/C16H31NO3/c1-5-13-7-6-8-14(11-13)20-10-9-15(16(18)19-4)17-12(2)3/h12-15,17H,5-11H2,1-4H3. The second kappa shape index (κ2) is 9.35. The zero-order valence-corrected chi connectivity index (χ0v) is 13.5. The fraction of sp³-hybridized carbons (Fsp3) is 0.938. The van der Waals surface area contributed by atoms with Crippen molar-refractivity contribution in [1.29, 1.82) is 0 Å². The molecule has 0 aromatic heterocycles. The summed E-state index contributed by atoms with van der Waals surface area (Å²) in [6.07, 6.45) is 7.27. The van der Waals surface area contributed by atoms with Crippen LogP contribution >= 0.6 is 0 Å². The van der Waals surface area contributed by atoms with Crippen molar-refractivity contribution in [3.63, 3.8) is 0 Å². The van der Waals surface area contributed by atoms with E-state index in [-0.39, 0.29) is 18.1 Å². The van der Waals surface area contributed by atoms with Gasteiger partial charge in [0.15, 0.2) is 0 Å². The van der Waals surface area contributed by atoms with E-state index < -0.39 is 0 Å². The van der Waals surface area contributed by atoms with Crippen LogP contribution in [0.2, 0.25) is 0 Å². The van der Waals surface area contributed by atoms with Gasteiger partial charge in [0.1, 0.15) is 6.04 Å². The summed E-state index contributed by atoms with van der Waals surface area (Å²) in [7, 11) is 1.44. The van der Waals surface area contributed by atoms with Crippen LogP contribution in [0.25, 0.3) is 0 Å². The summed E-state index contributed by atoms with van der Waals surface area (Å²) in [5, 5.41) is 3.23. The molecule has 4 nitrogen and oxygen atoms in total. The predicted octanol–water partition coefficient (Wildman–Crippen LogP) is 2.90. The van der Waals surface area contributed by atoms with Gasteiger partial charge in [0, 0.05) is 12.6 Å². The third-order valence-corrected chi connectivity index (χ3v) is 4.09. The third kappa shape index (κ3) is 6.23. The van der Waals surface area contributed by atoms with E-state index in [9.17, 15) is 4.79 Å². The molecule has 4 heteroatoms. The van der Waals surface area contributed by atoms with Crippen molar-refractivity contribution in [3.05, 3.63) is 0 Å². The van der Waals surface area contributed by atoms with Crippen LogP contribution in [-0.4, -0.2) is 37.9 Å². The molecule has 1 aliphatic carbocycles. The van der Waals surface area contributed by atoms with Gasteiger partial charge in [-0.15, -0.1) is 0 Å². The molecule has 3 unspecified atom stereocenters. The van der Waals surface area contributed by atoms with E-state index in [0.717, 1.165) is 12.3 Å². The number of nitrogens with one attached hydrogen (secondary N) is 1. The maximum Gasteiger partial charge on any atom is 0.322 e. The summed E-state index contributed by atoms with van der Waals surface area (Å²) in [6.45, 7) is 6.95. The van der Waals surface area contributed by atoms with Gasteiger partial charge in [-0.25, -0.2) is 0 Å². The monoisotopic (exact) mass is 285 g/mol. The van der Waals surface area contributed by atoms with Gasteiger partial charge in [-0.2, -0.15) is 0 Å². The van der Waals surface area contributed by atoms with Crippen LogP contribution in [-0.2, 0) is 14.3 Å². The van der Waals surface area contributed by atoms with E-state index in [1.54, 1.807) is 0 Å². The maximum absolute atomic E-state index is 11.7. The quantitative estimate of drug-likeness (QED) is 0.697. The van der Waals surface area contributed by atoms with Crippen LogP contribution in [0.1, 0.15) is 59.3 Å². The summed E-state index contributed by atoms with van der Waals surface area (Å²) in [5.74, 6) is 0.622. The highest BCUT2D eigenvalue weighted by Gasteiger charge is 2.23. The van der Waals surface area contributed by atoms with Crippen LogP contribution in [0.3, 0.4) is 0 Å². The summed E-state index contributed by atoms with van der Waals surface area (Å²) < 4.78 is 10.8. The number of esters is 1. The average Bonchev–Trinajstić information content (AvgIpc) is 2.45. The fourth-order valence-electron chi connectivity index (χ4n) is 2.93. The minimum absolute atomic E-state index is 0.197. The molecule has 1 saturated carbocycles. The first kappa shape index (κ1) is 17.4. The van der Waals surface area contributed by atoms with Crippen molar-refractivity contribution >= 4 is 5.97 Å². The number of methoxy groups -OCH3 is 1. The number of carbonyl (C=O) groups excluding carboxylic acids is 1. The molecule has 20 heavy (non-hydrogen) atoms. The molecule has 0 heterocycles. The Morgan fingerprint density at radius 3 is 2.70 bits per heavy atom. The van der Waals surface area contributed by atoms with Crippen molar-refractivity contribution in [3.8, 4) is 0 Å². The molecule has 0 aromatic rings. The van der Waals surface area contributed by atoms with Crippen LogP contribution in [0.15, 0.2) is 0 Å². The Hall–Kier alpha value is -0.610. The second-order valence-electron chi connectivity index (χ2n) is 6.12. The second-order valence-corrected chi connectivity index (χ2v) is 6.12. The van der Waals surface area contributed by atoms with Crippen molar-refractivity contribution in [1.82, 2.24) is 5.32 Å². The van der Waals surface area contributed by atoms with Gasteiger partial charge in [-0.3, -0.25) is 4.79 Å². The molecule has 1 aliphatic rings. The molecule has 3 atom stereocenters. The maximum atomic E-state index is 11.7. The Kier molecular flexibility index (Phi) is 8.15. The lowest BCUT2D eigenvalue weighted by Crippen LogP contribution is -2.42. The minimum Gasteiger partial charge on any atom is -0.468 e. The highest BCUT2D eigenvalue weighted by Crippen LogP contribution is 2.28. The smallest absolute Gasteiger partial charge is 0.322 e. The van der Waals surface area contributed by atoms with Crippen molar-refractivity contribution in [2.24, 2.45) is 5.92 Å².